The lowest BCUT2D eigenvalue weighted by molar-refractivity contribution is -0.967. The Bertz CT molecular complexity index is 574. The molecule has 2 aliphatic heterocycles. The maximum Gasteiger partial charge on any atom is 0.111 e. The molecule has 0 radical (unpaired) electrons. The Hall–Kier alpha value is -0.690. The number of rotatable bonds is 11. The molecule has 0 amide bonds. The van der Waals surface area contributed by atoms with Gasteiger partial charge < -0.3 is 30.3 Å². The van der Waals surface area contributed by atoms with Crippen LogP contribution < -0.4 is 15.3 Å². The van der Waals surface area contributed by atoms with Crippen LogP contribution in [0.15, 0.2) is 0 Å². The second-order valence-corrected chi connectivity index (χ2v) is 10.9. The van der Waals surface area contributed by atoms with Gasteiger partial charge in [-0.2, -0.15) is 0 Å². The molecule has 0 bridgehead atoms. The van der Waals surface area contributed by atoms with Crippen molar-refractivity contribution in [2.24, 2.45) is 17.8 Å². The molecular formula is C25H46N2O4. The van der Waals surface area contributed by atoms with Gasteiger partial charge in [0.1, 0.15) is 12.1 Å². The van der Waals surface area contributed by atoms with Crippen molar-refractivity contribution in [3.8, 4) is 0 Å². The number of likely N-dealkylation sites (N-methyl/N-ethyl adjacent to an activating group) is 1. The Morgan fingerprint density at radius 3 is 2.71 bits per heavy atom. The number of quaternary nitrogens is 1. The van der Waals surface area contributed by atoms with Crippen LogP contribution in [-0.2, 0) is 4.79 Å². The Balaban J connectivity index is 1.37. The van der Waals surface area contributed by atoms with Crippen molar-refractivity contribution >= 4 is 5.97 Å². The normalized spacial score (nSPS) is 37.5. The molecule has 0 aromatic heterocycles. The molecule has 0 spiro atoms. The van der Waals surface area contributed by atoms with E-state index in [2.05, 4.69) is 12.2 Å². The third-order valence-corrected chi connectivity index (χ3v) is 8.81. The van der Waals surface area contributed by atoms with Crippen LogP contribution in [0.25, 0.3) is 0 Å². The van der Waals surface area contributed by atoms with E-state index in [1.807, 2.05) is 6.92 Å². The number of carboxylic acid groups (broad SMARTS) is 1. The SMILES string of the molecule is CCNC[C@@](O)(CCCCC[C@@H]1CC[C@@H]2[C@H](CC[NH+]3[C@@H](C)[C@H](O)CC[C@@H]23)C1)CC(=O)[O-]. The number of unbranched alkanes of at least 4 members (excludes halogenated alkanes) is 2. The zero-order chi connectivity index (χ0) is 22.4. The number of hydrogen-bond acceptors (Lipinski definition) is 5. The van der Waals surface area contributed by atoms with Crippen molar-refractivity contribution in [3.05, 3.63) is 0 Å². The van der Waals surface area contributed by atoms with E-state index in [0.29, 0.717) is 19.0 Å². The molecule has 3 aliphatic rings. The van der Waals surface area contributed by atoms with Crippen LogP contribution in [-0.4, -0.2) is 59.6 Å². The third-order valence-electron chi connectivity index (χ3n) is 8.81. The number of aliphatic hydroxyl groups is 2. The quantitative estimate of drug-likeness (QED) is 0.355. The summed E-state index contributed by atoms with van der Waals surface area (Å²) in [7, 11) is 0. The monoisotopic (exact) mass is 438 g/mol. The fraction of sp³-hybridized carbons (Fsp3) is 0.960. The Kier molecular flexibility index (Phi) is 9.21. The van der Waals surface area contributed by atoms with Crippen LogP contribution in [0.5, 0.6) is 0 Å². The minimum absolute atomic E-state index is 0.110. The molecule has 0 aromatic rings. The molecule has 180 valence electrons. The van der Waals surface area contributed by atoms with Gasteiger partial charge in [-0.15, -0.1) is 0 Å². The number of aliphatic carboxylic acids is 1. The van der Waals surface area contributed by atoms with Gasteiger partial charge in [0.25, 0.3) is 0 Å². The molecule has 3 fully saturated rings. The van der Waals surface area contributed by atoms with E-state index in [9.17, 15) is 20.1 Å². The van der Waals surface area contributed by atoms with Crippen molar-refractivity contribution < 1.29 is 25.0 Å². The Morgan fingerprint density at radius 2 is 1.97 bits per heavy atom. The van der Waals surface area contributed by atoms with Crippen LogP contribution in [0.4, 0.5) is 0 Å². The van der Waals surface area contributed by atoms with Gasteiger partial charge in [0.2, 0.25) is 0 Å². The summed E-state index contributed by atoms with van der Waals surface area (Å²) in [6.07, 6.45) is 12.1. The smallest absolute Gasteiger partial charge is 0.111 e. The summed E-state index contributed by atoms with van der Waals surface area (Å²) < 4.78 is 0. The lowest BCUT2D eigenvalue weighted by Gasteiger charge is -2.51. The van der Waals surface area contributed by atoms with Crippen LogP contribution in [0.3, 0.4) is 0 Å². The first-order valence-corrected chi connectivity index (χ1v) is 13.0. The van der Waals surface area contributed by atoms with Gasteiger partial charge in [0, 0.05) is 31.3 Å². The van der Waals surface area contributed by atoms with E-state index in [1.165, 1.54) is 51.5 Å². The van der Waals surface area contributed by atoms with Crippen LogP contribution in [0, 0.1) is 17.8 Å². The first-order chi connectivity index (χ1) is 14.8. The first-order valence-electron chi connectivity index (χ1n) is 13.0. The van der Waals surface area contributed by atoms with Gasteiger partial charge >= 0.3 is 0 Å². The van der Waals surface area contributed by atoms with Crippen molar-refractivity contribution in [2.75, 3.05) is 19.6 Å². The van der Waals surface area contributed by atoms with Crippen LogP contribution in [0.2, 0.25) is 0 Å². The highest BCUT2D eigenvalue weighted by molar-refractivity contribution is 5.65. The zero-order valence-electron chi connectivity index (χ0n) is 19.8. The summed E-state index contributed by atoms with van der Waals surface area (Å²) in [5, 5.41) is 35.0. The Morgan fingerprint density at radius 1 is 1.16 bits per heavy atom. The summed E-state index contributed by atoms with van der Waals surface area (Å²) >= 11 is 0. The largest absolute Gasteiger partial charge is 0.550 e. The average molecular weight is 439 g/mol. The summed E-state index contributed by atoms with van der Waals surface area (Å²) in [5.41, 5.74) is -1.19. The molecule has 1 saturated carbocycles. The fourth-order valence-corrected chi connectivity index (χ4v) is 7.06. The number of piperidine rings is 2. The van der Waals surface area contributed by atoms with Gasteiger partial charge in [-0.3, -0.25) is 0 Å². The maximum atomic E-state index is 11.0. The molecule has 31 heavy (non-hydrogen) atoms. The van der Waals surface area contributed by atoms with Gasteiger partial charge in [0.05, 0.1) is 18.2 Å². The molecule has 6 nitrogen and oxygen atoms in total. The van der Waals surface area contributed by atoms with Gasteiger partial charge in [0.15, 0.2) is 0 Å². The van der Waals surface area contributed by atoms with Gasteiger partial charge in [-0.1, -0.05) is 32.6 Å². The van der Waals surface area contributed by atoms with Gasteiger partial charge in [-0.25, -0.2) is 0 Å². The maximum absolute atomic E-state index is 11.0. The van der Waals surface area contributed by atoms with E-state index >= 15 is 0 Å². The van der Waals surface area contributed by atoms with Crippen molar-refractivity contribution in [2.45, 2.75) is 115 Å². The molecule has 4 N–H and O–H groups in total. The van der Waals surface area contributed by atoms with E-state index in [1.54, 1.807) is 4.90 Å². The standard InChI is InChI=1S/C25H46N2O4/c1-3-26-17-25(31,16-24(29)30)13-6-4-5-7-19-8-9-21-20(15-19)12-14-27-18(2)23(28)11-10-22(21)27/h18-23,26,28,31H,3-17H2,1-2H3,(H,29,30)/t18-,19+,20+,21+,22-,23+,25+/m0/s1. The Labute approximate surface area is 188 Å². The zero-order valence-corrected chi connectivity index (χ0v) is 19.8. The number of hydrogen-bond donors (Lipinski definition) is 4. The van der Waals surface area contributed by atoms with Crippen molar-refractivity contribution in [3.63, 3.8) is 0 Å². The number of carboxylic acids is 1. The fourth-order valence-electron chi connectivity index (χ4n) is 7.06. The number of aliphatic hydroxyl groups excluding tert-OH is 1. The lowest BCUT2D eigenvalue weighted by atomic mass is 9.64. The number of nitrogens with one attached hydrogen (secondary N) is 2. The summed E-state index contributed by atoms with van der Waals surface area (Å²) in [6.45, 7) is 6.47. The summed E-state index contributed by atoms with van der Waals surface area (Å²) in [6, 6.07) is 1.18. The molecule has 1 aliphatic carbocycles. The van der Waals surface area contributed by atoms with Crippen LogP contribution >= 0.6 is 0 Å². The first kappa shape index (κ1) is 24.9. The molecule has 2 heterocycles. The lowest BCUT2D eigenvalue weighted by Crippen LogP contribution is -3.22. The third kappa shape index (κ3) is 6.66. The van der Waals surface area contributed by atoms with Crippen LogP contribution in [0.1, 0.15) is 90.9 Å². The number of carbonyl (C=O) groups excluding carboxylic acids is 1. The van der Waals surface area contributed by atoms with Crippen molar-refractivity contribution in [1.82, 2.24) is 5.32 Å². The molecule has 3 rings (SSSR count). The minimum Gasteiger partial charge on any atom is -0.550 e. The highest BCUT2D eigenvalue weighted by atomic mass is 16.4. The van der Waals surface area contributed by atoms with E-state index in [-0.39, 0.29) is 12.5 Å². The highest BCUT2D eigenvalue weighted by Crippen LogP contribution is 2.42. The molecule has 8 atom stereocenters. The summed E-state index contributed by atoms with van der Waals surface area (Å²) in [5.74, 6) is 1.40. The topological polar surface area (TPSA) is 97.1 Å². The van der Waals surface area contributed by atoms with Gasteiger partial charge in [-0.05, 0) is 63.8 Å². The molecule has 1 unspecified atom stereocenters. The second-order valence-electron chi connectivity index (χ2n) is 10.9. The molecule has 0 aromatic carbocycles. The number of carbonyl (C=O) groups is 1. The number of fused-ring (bicyclic) bond motifs is 3. The predicted octanol–water partition coefficient (Wildman–Crippen LogP) is 0.650. The molecule has 6 heteroatoms. The van der Waals surface area contributed by atoms with E-state index < -0.39 is 11.6 Å². The molecule has 2 saturated heterocycles. The van der Waals surface area contributed by atoms with E-state index in [4.69, 9.17) is 0 Å². The summed E-state index contributed by atoms with van der Waals surface area (Å²) in [4.78, 5) is 12.7. The minimum atomic E-state index is -1.19. The predicted molar refractivity (Wildman–Crippen MR) is 119 cm³/mol. The second kappa shape index (κ2) is 11.4. The van der Waals surface area contributed by atoms with E-state index in [0.717, 1.165) is 49.6 Å². The molecular weight excluding hydrogens is 392 g/mol. The average Bonchev–Trinajstić information content (AvgIpc) is 2.73. The van der Waals surface area contributed by atoms with Crippen molar-refractivity contribution in [1.29, 1.82) is 0 Å². The highest BCUT2D eigenvalue weighted by Gasteiger charge is 2.48.